The Morgan fingerprint density at radius 1 is 1.64 bits per heavy atom. The van der Waals surface area contributed by atoms with E-state index in [1.54, 1.807) is 0 Å². The van der Waals surface area contributed by atoms with Crippen molar-refractivity contribution in [2.45, 2.75) is 44.8 Å². The second-order valence-corrected chi connectivity index (χ2v) is 4.31. The first-order valence-corrected chi connectivity index (χ1v) is 5.28. The van der Waals surface area contributed by atoms with E-state index in [-0.39, 0.29) is 18.1 Å². The maximum absolute atomic E-state index is 11.2. The number of nitrogens with two attached hydrogens (primary N) is 1. The second kappa shape index (κ2) is 5.32. The summed E-state index contributed by atoms with van der Waals surface area (Å²) in [6.45, 7) is 2.60. The van der Waals surface area contributed by atoms with E-state index in [2.05, 4.69) is 5.32 Å². The lowest BCUT2D eigenvalue weighted by atomic mass is 9.82. The lowest BCUT2D eigenvalue weighted by molar-refractivity contribution is -0.121. The van der Waals surface area contributed by atoms with E-state index in [9.17, 15) is 4.79 Å². The molecular weight excluding hydrogens is 180 g/mol. The molecule has 1 saturated carbocycles. The number of carbonyl (C=O) groups excluding carboxylic acids is 1. The van der Waals surface area contributed by atoms with Gasteiger partial charge in [-0.2, -0.15) is 0 Å². The van der Waals surface area contributed by atoms with Crippen LogP contribution < -0.4 is 11.1 Å². The third-order valence-corrected chi connectivity index (χ3v) is 2.63. The van der Waals surface area contributed by atoms with Gasteiger partial charge >= 0.3 is 0 Å². The van der Waals surface area contributed by atoms with Crippen LogP contribution in [0.4, 0.5) is 0 Å². The highest BCUT2D eigenvalue weighted by atomic mass is 16.3. The van der Waals surface area contributed by atoms with Crippen LogP contribution in [0.2, 0.25) is 0 Å². The molecule has 0 aromatic rings. The summed E-state index contributed by atoms with van der Waals surface area (Å²) in [6.07, 6.45) is 2.76. The van der Waals surface area contributed by atoms with Crippen molar-refractivity contribution in [2.24, 2.45) is 11.7 Å². The van der Waals surface area contributed by atoms with Gasteiger partial charge < -0.3 is 16.2 Å². The molecule has 1 fully saturated rings. The summed E-state index contributed by atoms with van der Waals surface area (Å²) >= 11 is 0. The minimum absolute atomic E-state index is 0.0729. The molecule has 0 spiro atoms. The first-order valence-electron chi connectivity index (χ1n) is 5.28. The minimum Gasteiger partial charge on any atom is -0.393 e. The Labute approximate surface area is 84.9 Å². The maximum Gasteiger partial charge on any atom is 0.220 e. The van der Waals surface area contributed by atoms with Gasteiger partial charge in [0.15, 0.2) is 0 Å². The van der Waals surface area contributed by atoms with E-state index in [1.807, 2.05) is 6.92 Å². The van der Waals surface area contributed by atoms with Gasteiger partial charge in [-0.05, 0) is 32.1 Å². The molecule has 1 unspecified atom stereocenters. The normalized spacial score (nSPS) is 27.9. The fourth-order valence-corrected chi connectivity index (χ4v) is 1.57. The molecule has 1 aliphatic rings. The summed E-state index contributed by atoms with van der Waals surface area (Å²) in [7, 11) is 0. The van der Waals surface area contributed by atoms with Crippen molar-refractivity contribution in [1.29, 1.82) is 0 Å². The average Bonchev–Trinajstić information content (AvgIpc) is 2.07. The fourth-order valence-electron chi connectivity index (χ4n) is 1.57. The van der Waals surface area contributed by atoms with Gasteiger partial charge in [0.1, 0.15) is 0 Å². The van der Waals surface area contributed by atoms with Crippen LogP contribution in [0.3, 0.4) is 0 Å². The molecule has 4 nitrogen and oxygen atoms in total. The summed E-state index contributed by atoms with van der Waals surface area (Å²) < 4.78 is 0. The Morgan fingerprint density at radius 2 is 2.29 bits per heavy atom. The van der Waals surface area contributed by atoms with Crippen LogP contribution in [0.5, 0.6) is 0 Å². The van der Waals surface area contributed by atoms with Crippen LogP contribution in [-0.4, -0.2) is 29.7 Å². The molecule has 14 heavy (non-hydrogen) atoms. The number of hydrogen-bond acceptors (Lipinski definition) is 3. The lowest BCUT2D eigenvalue weighted by Gasteiger charge is -2.31. The molecule has 0 aliphatic heterocycles. The molecule has 1 atom stereocenters. The van der Waals surface area contributed by atoms with Gasteiger partial charge in [-0.3, -0.25) is 4.79 Å². The fraction of sp³-hybridized carbons (Fsp3) is 0.900. The molecule has 0 aromatic heterocycles. The van der Waals surface area contributed by atoms with E-state index >= 15 is 0 Å². The molecule has 0 bridgehead atoms. The van der Waals surface area contributed by atoms with Crippen LogP contribution in [0, 0.1) is 5.92 Å². The van der Waals surface area contributed by atoms with Crippen molar-refractivity contribution in [1.82, 2.24) is 5.32 Å². The van der Waals surface area contributed by atoms with Gasteiger partial charge in [-0.15, -0.1) is 0 Å². The number of nitrogens with one attached hydrogen (secondary N) is 1. The summed E-state index contributed by atoms with van der Waals surface area (Å²) in [5, 5.41) is 11.9. The SMILES string of the molecule is CC(N)CCC(=O)NCC1CC(O)C1. The predicted molar refractivity (Wildman–Crippen MR) is 54.6 cm³/mol. The lowest BCUT2D eigenvalue weighted by Crippen LogP contribution is -2.38. The predicted octanol–water partition coefficient (Wildman–Crippen LogP) is 0.000900. The zero-order valence-electron chi connectivity index (χ0n) is 8.70. The standard InChI is InChI=1S/C10H20N2O2/c1-7(11)2-3-10(14)12-6-8-4-9(13)5-8/h7-9,13H,2-6,11H2,1H3,(H,12,14). The number of rotatable bonds is 5. The van der Waals surface area contributed by atoms with Gasteiger partial charge in [-0.25, -0.2) is 0 Å². The number of hydrogen-bond donors (Lipinski definition) is 3. The van der Waals surface area contributed by atoms with Gasteiger partial charge in [0.25, 0.3) is 0 Å². The third-order valence-electron chi connectivity index (χ3n) is 2.63. The van der Waals surface area contributed by atoms with Gasteiger partial charge in [-0.1, -0.05) is 0 Å². The third kappa shape index (κ3) is 4.07. The monoisotopic (exact) mass is 200 g/mol. The summed E-state index contributed by atoms with van der Waals surface area (Å²) in [5.74, 6) is 0.549. The molecule has 0 radical (unpaired) electrons. The van der Waals surface area contributed by atoms with Gasteiger partial charge in [0.05, 0.1) is 6.10 Å². The Morgan fingerprint density at radius 3 is 2.79 bits per heavy atom. The zero-order valence-corrected chi connectivity index (χ0v) is 8.70. The largest absolute Gasteiger partial charge is 0.393 e. The van der Waals surface area contributed by atoms with Crippen molar-refractivity contribution in [3.8, 4) is 0 Å². The minimum atomic E-state index is -0.138. The number of aliphatic hydroxyl groups is 1. The Hall–Kier alpha value is -0.610. The first kappa shape index (κ1) is 11.5. The highest BCUT2D eigenvalue weighted by molar-refractivity contribution is 5.75. The van der Waals surface area contributed by atoms with Crippen molar-refractivity contribution in [3.63, 3.8) is 0 Å². The topological polar surface area (TPSA) is 75.4 Å². The molecule has 1 amide bonds. The molecule has 1 rings (SSSR count). The van der Waals surface area contributed by atoms with Crippen LogP contribution in [0.15, 0.2) is 0 Å². The smallest absolute Gasteiger partial charge is 0.220 e. The second-order valence-electron chi connectivity index (χ2n) is 4.31. The number of amides is 1. The van der Waals surface area contributed by atoms with Crippen molar-refractivity contribution in [3.05, 3.63) is 0 Å². The molecule has 82 valence electrons. The molecule has 0 heterocycles. The van der Waals surface area contributed by atoms with E-state index in [1.165, 1.54) is 0 Å². The molecule has 4 heteroatoms. The van der Waals surface area contributed by atoms with Crippen molar-refractivity contribution < 1.29 is 9.90 Å². The van der Waals surface area contributed by atoms with Gasteiger partial charge in [0, 0.05) is 19.0 Å². The van der Waals surface area contributed by atoms with E-state index in [0.717, 1.165) is 19.3 Å². The summed E-state index contributed by atoms with van der Waals surface area (Å²) in [6, 6.07) is 0.0891. The summed E-state index contributed by atoms with van der Waals surface area (Å²) in [4.78, 5) is 11.2. The molecule has 4 N–H and O–H groups in total. The number of aliphatic hydroxyl groups excluding tert-OH is 1. The van der Waals surface area contributed by atoms with Gasteiger partial charge in [0.2, 0.25) is 5.91 Å². The highest BCUT2D eigenvalue weighted by Gasteiger charge is 2.26. The Balaban J connectivity index is 1.98. The van der Waals surface area contributed by atoms with Crippen LogP contribution in [-0.2, 0) is 4.79 Å². The average molecular weight is 200 g/mol. The molecule has 0 aromatic carbocycles. The van der Waals surface area contributed by atoms with Crippen LogP contribution in [0.1, 0.15) is 32.6 Å². The molecule has 0 saturated heterocycles. The summed E-state index contributed by atoms with van der Waals surface area (Å²) in [5.41, 5.74) is 5.54. The van der Waals surface area contributed by atoms with E-state index in [4.69, 9.17) is 10.8 Å². The maximum atomic E-state index is 11.2. The van der Waals surface area contributed by atoms with E-state index < -0.39 is 0 Å². The number of carbonyl (C=O) groups is 1. The molecule has 1 aliphatic carbocycles. The first-order chi connectivity index (χ1) is 6.58. The Kier molecular flexibility index (Phi) is 4.35. The van der Waals surface area contributed by atoms with Crippen LogP contribution >= 0.6 is 0 Å². The highest BCUT2D eigenvalue weighted by Crippen LogP contribution is 2.25. The quantitative estimate of drug-likeness (QED) is 0.585. The van der Waals surface area contributed by atoms with Crippen molar-refractivity contribution in [2.75, 3.05) is 6.54 Å². The molecular formula is C10H20N2O2. The Bertz CT molecular complexity index is 189. The van der Waals surface area contributed by atoms with E-state index in [0.29, 0.717) is 18.9 Å². The van der Waals surface area contributed by atoms with Crippen LogP contribution in [0.25, 0.3) is 0 Å². The zero-order chi connectivity index (χ0) is 10.6. The van der Waals surface area contributed by atoms with Crippen molar-refractivity contribution >= 4 is 5.91 Å².